The third kappa shape index (κ3) is 4.07. The number of carbonyl (C=O) groups is 2. The second-order valence-corrected chi connectivity index (χ2v) is 10.2. The number of ketones is 1. The molecule has 0 unspecified atom stereocenters. The number of aromatic nitrogens is 1. The van der Waals surface area contributed by atoms with Crippen LogP contribution in [0.4, 0.5) is 8.78 Å². The Labute approximate surface area is 222 Å². The summed E-state index contributed by atoms with van der Waals surface area (Å²) in [7, 11) is 0. The minimum absolute atomic E-state index is 0.0139. The maximum Gasteiger partial charge on any atom is 0.339 e. The Morgan fingerprint density at radius 2 is 1.79 bits per heavy atom. The lowest BCUT2D eigenvalue weighted by Crippen LogP contribution is -2.41. The zero-order valence-electron chi connectivity index (χ0n) is 20.3. The maximum atomic E-state index is 13.7. The largest absolute Gasteiger partial charge is 0.450 e. The van der Waals surface area contributed by atoms with Crippen molar-refractivity contribution in [2.45, 2.75) is 25.0 Å². The summed E-state index contributed by atoms with van der Waals surface area (Å²) < 4.78 is 35.0. The summed E-state index contributed by atoms with van der Waals surface area (Å²) in [6.45, 7) is 5.52. The number of rotatable bonds is 5. The molecule has 0 radical (unpaired) electrons. The van der Waals surface area contributed by atoms with Gasteiger partial charge in [0.2, 0.25) is 0 Å². The zero-order chi connectivity index (χ0) is 26.6. The van der Waals surface area contributed by atoms with Crippen molar-refractivity contribution in [3.8, 4) is 0 Å². The standard InChI is InChI=1S/C30H23ClF2N2O3/c1-18(34-11-9-30(10-12-34)26-8-6-22(33)15-24(26)29(37)38-30)25-16-35(27-14-20(31)5-7-23(25)27)17-28(36)19-3-2-4-21(32)13-19/h2-8,13-16H,1,9-12,17H2. The second kappa shape index (κ2) is 9.10. The quantitative estimate of drug-likeness (QED) is 0.215. The summed E-state index contributed by atoms with van der Waals surface area (Å²) in [6.07, 6.45) is 2.95. The lowest BCUT2D eigenvalue weighted by molar-refractivity contribution is -0.0355. The number of halogens is 3. The fourth-order valence-corrected chi connectivity index (χ4v) is 5.75. The van der Waals surface area contributed by atoms with Crippen LogP contribution in [0.1, 0.15) is 44.7 Å². The van der Waals surface area contributed by atoms with Crippen molar-refractivity contribution < 1.29 is 23.1 Å². The Kier molecular flexibility index (Phi) is 5.83. The number of piperidine rings is 1. The molecule has 38 heavy (non-hydrogen) atoms. The van der Waals surface area contributed by atoms with Crippen molar-refractivity contribution in [1.29, 1.82) is 0 Å². The fourth-order valence-electron chi connectivity index (χ4n) is 5.58. The summed E-state index contributed by atoms with van der Waals surface area (Å²) in [5.74, 6) is -1.64. The smallest absolute Gasteiger partial charge is 0.339 e. The van der Waals surface area contributed by atoms with Crippen LogP contribution in [0.25, 0.3) is 16.6 Å². The molecule has 8 heteroatoms. The Bertz CT molecular complexity index is 1640. The lowest BCUT2D eigenvalue weighted by atomic mass is 9.83. The molecule has 1 aromatic heterocycles. The van der Waals surface area contributed by atoms with E-state index in [2.05, 4.69) is 11.5 Å². The predicted octanol–water partition coefficient (Wildman–Crippen LogP) is 6.59. The fraction of sp³-hybridized carbons (Fsp3) is 0.200. The zero-order valence-corrected chi connectivity index (χ0v) is 21.1. The molecule has 6 rings (SSSR count). The molecule has 0 aliphatic carbocycles. The normalized spacial score (nSPS) is 16.1. The van der Waals surface area contributed by atoms with Crippen molar-refractivity contribution in [3.05, 3.63) is 112 Å². The summed E-state index contributed by atoms with van der Waals surface area (Å²) in [5.41, 5.74) is 2.94. The molecule has 1 fully saturated rings. The molecule has 4 aromatic rings. The van der Waals surface area contributed by atoms with Gasteiger partial charge in [-0.3, -0.25) is 4.79 Å². The van der Waals surface area contributed by atoms with Gasteiger partial charge in [-0.1, -0.05) is 42.4 Å². The van der Waals surface area contributed by atoms with Crippen LogP contribution in [0.15, 0.2) is 73.4 Å². The van der Waals surface area contributed by atoms with Crippen LogP contribution < -0.4 is 0 Å². The molecule has 3 heterocycles. The number of likely N-dealkylation sites (tertiary alicyclic amines) is 1. The van der Waals surface area contributed by atoms with Crippen LogP contribution in [0.3, 0.4) is 0 Å². The van der Waals surface area contributed by atoms with Crippen molar-refractivity contribution in [2.75, 3.05) is 13.1 Å². The lowest BCUT2D eigenvalue weighted by Gasteiger charge is -2.40. The van der Waals surface area contributed by atoms with Gasteiger partial charge in [0, 0.05) is 64.9 Å². The molecule has 1 spiro atoms. The summed E-state index contributed by atoms with van der Waals surface area (Å²) in [5, 5.41) is 1.42. The first-order valence-electron chi connectivity index (χ1n) is 12.3. The van der Waals surface area contributed by atoms with Gasteiger partial charge in [0.25, 0.3) is 0 Å². The van der Waals surface area contributed by atoms with Gasteiger partial charge in [-0.05, 0) is 36.4 Å². The first kappa shape index (κ1) is 24.4. The minimum atomic E-state index is -0.768. The number of nitrogens with zero attached hydrogens (tertiary/aromatic N) is 2. The van der Waals surface area contributed by atoms with Gasteiger partial charge in [-0.15, -0.1) is 0 Å². The summed E-state index contributed by atoms with van der Waals surface area (Å²) in [4.78, 5) is 27.5. The van der Waals surface area contributed by atoms with E-state index >= 15 is 0 Å². The van der Waals surface area contributed by atoms with Crippen molar-refractivity contribution >= 4 is 40.0 Å². The van der Waals surface area contributed by atoms with Crippen LogP contribution in [-0.2, 0) is 16.9 Å². The molecule has 2 aliphatic heterocycles. The van der Waals surface area contributed by atoms with Gasteiger partial charge in [-0.2, -0.15) is 0 Å². The highest BCUT2D eigenvalue weighted by Gasteiger charge is 2.47. The van der Waals surface area contributed by atoms with Crippen molar-refractivity contribution in [3.63, 3.8) is 0 Å². The number of benzene rings is 3. The number of fused-ring (bicyclic) bond motifs is 3. The van der Waals surface area contributed by atoms with E-state index in [1.807, 2.05) is 16.8 Å². The van der Waals surface area contributed by atoms with E-state index in [4.69, 9.17) is 16.3 Å². The number of ether oxygens (including phenoxy) is 1. The molecule has 0 saturated carbocycles. The molecule has 2 aliphatic rings. The first-order valence-corrected chi connectivity index (χ1v) is 12.7. The highest BCUT2D eigenvalue weighted by molar-refractivity contribution is 6.31. The van der Waals surface area contributed by atoms with Crippen LogP contribution >= 0.6 is 11.6 Å². The Morgan fingerprint density at radius 3 is 2.55 bits per heavy atom. The van der Waals surface area contributed by atoms with Crippen LogP contribution in [0.2, 0.25) is 5.02 Å². The average molecular weight is 533 g/mol. The summed E-state index contributed by atoms with van der Waals surface area (Å²) in [6, 6.07) is 15.4. The summed E-state index contributed by atoms with van der Waals surface area (Å²) >= 11 is 6.29. The van der Waals surface area contributed by atoms with E-state index in [-0.39, 0.29) is 12.3 Å². The van der Waals surface area contributed by atoms with Crippen molar-refractivity contribution in [1.82, 2.24) is 9.47 Å². The molecule has 0 amide bonds. The van der Waals surface area contributed by atoms with E-state index in [0.717, 1.165) is 27.7 Å². The van der Waals surface area contributed by atoms with Crippen molar-refractivity contribution in [2.24, 2.45) is 0 Å². The molecular formula is C30H23ClF2N2O3. The van der Waals surface area contributed by atoms with Gasteiger partial charge in [0.1, 0.15) is 17.2 Å². The maximum absolute atomic E-state index is 13.7. The van der Waals surface area contributed by atoms with Crippen LogP contribution in [0, 0.1) is 11.6 Å². The molecule has 0 bridgehead atoms. The molecule has 3 aromatic carbocycles. The van der Waals surface area contributed by atoms with Gasteiger partial charge < -0.3 is 14.2 Å². The number of hydrogen-bond donors (Lipinski definition) is 0. The SMILES string of the molecule is C=C(c1cn(CC(=O)c2cccc(F)c2)c2cc(Cl)ccc12)N1CCC2(CC1)OC(=O)c1cc(F)ccc12. The average Bonchev–Trinajstić information content (AvgIpc) is 3.38. The number of esters is 1. The molecule has 0 N–H and O–H groups in total. The van der Waals surface area contributed by atoms with E-state index < -0.39 is 23.2 Å². The molecule has 1 saturated heterocycles. The Morgan fingerprint density at radius 1 is 1.03 bits per heavy atom. The Balaban J connectivity index is 1.27. The monoisotopic (exact) mass is 532 g/mol. The van der Waals surface area contributed by atoms with Crippen LogP contribution in [0.5, 0.6) is 0 Å². The molecular weight excluding hydrogens is 510 g/mol. The van der Waals surface area contributed by atoms with Crippen LogP contribution in [-0.4, -0.2) is 34.3 Å². The van der Waals surface area contributed by atoms with E-state index in [1.165, 1.54) is 30.3 Å². The number of hydrogen-bond acceptors (Lipinski definition) is 4. The predicted molar refractivity (Wildman–Crippen MR) is 141 cm³/mol. The van der Waals surface area contributed by atoms with Gasteiger partial charge in [0.05, 0.1) is 17.6 Å². The van der Waals surface area contributed by atoms with E-state index in [1.54, 1.807) is 24.3 Å². The van der Waals surface area contributed by atoms with Gasteiger partial charge in [0.15, 0.2) is 5.78 Å². The van der Waals surface area contributed by atoms with Gasteiger partial charge >= 0.3 is 5.97 Å². The van der Waals surface area contributed by atoms with E-state index in [9.17, 15) is 18.4 Å². The number of carbonyl (C=O) groups excluding carboxylic acids is 2. The van der Waals surface area contributed by atoms with E-state index in [0.29, 0.717) is 42.1 Å². The third-order valence-electron chi connectivity index (χ3n) is 7.55. The minimum Gasteiger partial charge on any atom is -0.450 e. The second-order valence-electron chi connectivity index (χ2n) is 9.77. The Hall–Kier alpha value is -3.97. The number of Topliss-reactive ketones (excluding diaryl/α,β-unsaturated/α-hetero) is 1. The topological polar surface area (TPSA) is 51.5 Å². The highest BCUT2D eigenvalue weighted by atomic mass is 35.5. The molecule has 0 atom stereocenters. The van der Waals surface area contributed by atoms with Gasteiger partial charge in [-0.25, -0.2) is 13.6 Å². The first-order chi connectivity index (χ1) is 18.2. The molecule has 192 valence electrons. The third-order valence-corrected chi connectivity index (χ3v) is 7.78. The molecule has 5 nitrogen and oxygen atoms in total. The highest BCUT2D eigenvalue weighted by Crippen LogP contribution is 2.45.